The standard InChI is InChI=1S/C17H18BrN3O4S/c1-15(2)16(8-22,14(24)25)21-12(23)17(18,13(21)26-15)11-19-9-6-4-5-7-10(9)20(11)3/h4-7,13,22H,8H2,1-3H3,(H,24,25)/t13-,16+,17?/m1/s1. The maximum absolute atomic E-state index is 13.2. The van der Waals surface area contributed by atoms with Gasteiger partial charge in [-0.3, -0.25) is 4.79 Å². The predicted molar refractivity (Wildman–Crippen MR) is 101 cm³/mol. The molecule has 2 aliphatic rings. The number of aliphatic hydroxyl groups is 1. The summed E-state index contributed by atoms with van der Waals surface area (Å²) in [6.07, 6.45) is 0. The van der Waals surface area contributed by atoms with Gasteiger partial charge in [0.1, 0.15) is 11.2 Å². The molecule has 1 aromatic heterocycles. The number of rotatable bonds is 3. The monoisotopic (exact) mass is 439 g/mol. The second kappa shape index (κ2) is 5.24. The molecule has 26 heavy (non-hydrogen) atoms. The van der Waals surface area contributed by atoms with Crippen molar-refractivity contribution in [2.45, 2.75) is 33.8 Å². The first-order chi connectivity index (χ1) is 12.1. The zero-order valence-corrected chi connectivity index (χ0v) is 16.8. The molecule has 1 aromatic carbocycles. The third-order valence-electron chi connectivity index (χ3n) is 5.61. The van der Waals surface area contributed by atoms with Gasteiger partial charge >= 0.3 is 5.97 Å². The SMILES string of the molecule is Cn1c(C2(Br)C(=O)N3[C@@H]2SC(C)(C)[C@]3(CO)C(=O)O)nc2ccccc21. The number of imidazole rings is 1. The van der Waals surface area contributed by atoms with Crippen LogP contribution in [0.5, 0.6) is 0 Å². The van der Waals surface area contributed by atoms with Crippen LogP contribution in [0.3, 0.4) is 0 Å². The van der Waals surface area contributed by atoms with E-state index in [0.717, 1.165) is 11.0 Å². The number of amides is 1. The first-order valence-corrected chi connectivity index (χ1v) is 9.77. The summed E-state index contributed by atoms with van der Waals surface area (Å²) in [5.41, 5.74) is -0.00755. The number of alkyl halides is 1. The lowest BCUT2D eigenvalue weighted by molar-refractivity contribution is -0.176. The highest BCUT2D eigenvalue weighted by atomic mass is 79.9. The van der Waals surface area contributed by atoms with Crippen molar-refractivity contribution >= 4 is 50.6 Å². The van der Waals surface area contributed by atoms with Gasteiger partial charge in [0.25, 0.3) is 5.91 Å². The summed E-state index contributed by atoms with van der Waals surface area (Å²) in [5.74, 6) is -1.06. The first kappa shape index (κ1) is 17.8. The number of aromatic nitrogens is 2. The van der Waals surface area contributed by atoms with Gasteiger partial charge in [-0.1, -0.05) is 28.1 Å². The zero-order chi connectivity index (χ0) is 19.1. The third kappa shape index (κ3) is 1.76. The molecule has 1 amide bonds. The molecule has 138 valence electrons. The molecule has 2 N–H and O–H groups in total. The number of carbonyl (C=O) groups excluding carboxylic acids is 1. The number of nitrogens with zero attached hydrogens (tertiary/aromatic N) is 3. The van der Waals surface area contributed by atoms with Gasteiger partial charge in [0.15, 0.2) is 9.86 Å². The van der Waals surface area contributed by atoms with Crippen LogP contribution < -0.4 is 0 Å². The Labute approximate surface area is 162 Å². The lowest BCUT2D eigenvalue weighted by atomic mass is 9.79. The predicted octanol–water partition coefficient (Wildman–Crippen LogP) is 1.67. The number of carboxylic acids is 1. The summed E-state index contributed by atoms with van der Waals surface area (Å²) < 4.78 is -0.143. The molecule has 2 fully saturated rings. The third-order valence-corrected chi connectivity index (χ3v) is 8.76. The van der Waals surface area contributed by atoms with Gasteiger partial charge in [-0.05, 0) is 26.0 Å². The van der Waals surface area contributed by atoms with Gasteiger partial charge in [0.05, 0.1) is 17.6 Å². The van der Waals surface area contributed by atoms with E-state index in [1.807, 2.05) is 35.9 Å². The second-order valence-electron chi connectivity index (χ2n) is 7.17. The molecule has 4 rings (SSSR count). The Morgan fingerprint density at radius 3 is 2.62 bits per heavy atom. The lowest BCUT2D eigenvalue weighted by Gasteiger charge is -2.52. The number of aliphatic carboxylic acids is 1. The summed E-state index contributed by atoms with van der Waals surface area (Å²) in [4.78, 5) is 31.2. The number of aliphatic hydroxyl groups excluding tert-OH is 1. The molecule has 3 atom stereocenters. The number of halogens is 1. The molecule has 2 aromatic rings. The van der Waals surface area contributed by atoms with E-state index >= 15 is 0 Å². The van der Waals surface area contributed by atoms with Crippen molar-refractivity contribution < 1.29 is 19.8 Å². The summed E-state index contributed by atoms with van der Waals surface area (Å²) >= 11 is 4.95. The maximum atomic E-state index is 13.2. The van der Waals surface area contributed by atoms with Crippen molar-refractivity contribution in [1.29, 1.82) is 0 Å². The number of carboxylic acid groups (broad SMARTS) is 1. The summed E-state index contributed by atoms with van der Waals surface area (Å²) in [6.45, 7) is 2.85. The van der Waals surface area contributed by atoms with Gasteiger partial charge in [-0.15, -0.1) is 11.8 Å². The van der Waals surface area contributed by atoms with Crippen LogP contribution in [0.4, 0.5) is 0 Å². The van der Waals surface area contributed by atoms with Gasteiger partial charge in [0, 0.05) is 11.8 Å². The van der Waals surface area contributed by atoms with Gasteiger partial charge < -0.3 is 19.7 Å². The van der Waals surface area contributed by atoms with Gasteiger partial charge in [0.2, 0.25) is 0 Å². The van der Waals surface area contributed by atoms with Crippen LogP contribution in [0.25, 0.3) is 11.0 Å². The molecule has 2 aliphatic heterocycles. The highest BCUT2D eigenvalue weighted by molar-refractivity contribution is 9.10. The van der Waals surface area contributed by atoms with Crippen LogP contribution in [-0.4, -0.2) is 58.8 Å². The smallest absolute Gasteiger partial charge is 0.333 e. The largest absolute Gasteiger partial charge is 0.479 e. The minimum absolute atomic E-state index is 0.393. The number of thioether (sulfide) groups is 1. The fourth-order valence-electron chi connectivity index (χ4n) is 4.05. The molecule has 0 saturated carbocycles. The topological polar surface area (TPSA) is 95.7 Å². The van der Waals surface area contributed by atoms with E-state index in [1.165, 1.54) is 16.7 Å². The molecule has 1 unspecified atom stereocenters. The lowest BCUT2D eigenvalue weighted by Crippen LogP contribution is -2.76. The van der Waals surface area contributed by atoms with E-state index in [9.17, 15) is 19.8 Å². The number of hydrogen-bond acceptors (Lipinski definition) is 5. The first-order valence-electron chi connectivity index (χ1n) is 8.09. The number of β-lactam (4-membered cyclic amide) rings is 1. The Hall–Kier alpha value is -1.58. The number of fused-ring (bicyclic) bond motifs is 2. The summed E-state index contributed by atoms with van der Waals surface area (Å²) in [5, 5.41) is 19.3. The molecule has 7 nitrogen and oxygen atoms in total. The van der Waals surface area contributed by atoms with E-state index in [-0.39, 0.29) is 0 Å². The Kier molecular flexibility index (Phi) is 3.59. The fraction of sp³-hybridized carbons (Fsp3) is 0.471. The van der Waals surface area contributed by atoms with Crippen molar-refractivity contribution in [3.63, 3.8) is 0 Å². The van der Waals surface area contributed by atoms with Crippen molar-refractivity contribution in [3.8, 4) is 0 Å². The molecule has 0 bridgehead atoms. The number of carbonyl (C=O) groups is 2. The fourth-order valence-corrected chi connectivity index (χ4v) is 6.83. The Morgan fingerprint density at radius 2 is 2.04 bits per heavy atom. The van der Waals surface area contributed by atoms with Crippen LogP contribution >= 0.6 is 27.7 Å². The van der Waals surface area contributed by atoms with Crippen LogP contribution in [0.2, 0.25) is 0 Å². The van der Waals surface area contributed by atoms with Gasteiger partial charge in [-0.25, -0.2) is 9.78 Å². The molecule has 0 spiro atoms. The molecular weight excluding hydrogens is 422 g/mol. The highest BCUT2D eigenvalue weighted by Gasteiger charge is 2.78. The number of hydrogen-bond donors (Lipinski definition) is 2. The minimum atomic E-state index is -1.67. The Morgan fingerprint density at radius 1 is 1.38 bits per heavy atom. The summed E-state index contributed by atoms with van der Waals surface area (Å²) in [7, 11) is 1.84. The van der Waals surface area contributed by atoms with Crippen LogP contribution in [0, 0.1) is 0 Å². The normalized spacial score (nSPS) is 32.6. The molecule has 0 aliphatic carbocycles. The average Bonchev–Trinajstić information content (AvgIpc) is 3.05. The number of para-hydroxylation sites is 2. The van der Waals surface area contributed by atoms with Crippen LogP contribution in [0.15, 0.2) is 24.3 Å². The van der Waals surface area contributed by atoms with Crippen LogP contribution in [0.1, 0.15) is 19.7 Å². The van der Waals surface area contributed by atoms with E-state index < -0.39 is 38.5 Å². The number of benzene rings is 1. The van der Waals surface area contributed by atoms with Crippen molar-refractivity contribution in [3.05, 3.63) is 30.1 Å². The van der Waals surface area contributed by atoms with Crippen LogP contribution in [-0.2, 0) is 21.0 Å². The molecule has 9 heteroatoms. The Bertz CT molecular complexity index is 961. The van der Waals surface area contributed by atoms with Crippen molar-refractivity contribution in [2.24, 2.45) is 7.05 Å². The molecule has 3 heterocycles. The highest BCUT2D eigenvalue weighted by Crippen LogP contribution is 2.65. The maximum Gasteiger partial charge on any atom is 0.333 e. The van der Waals surface area contributed by atoms with E-state index in [2.05, 4.69) is 20.9 Å². The van der Waals surface area contributed by atoms with Gasteiger partial charge in [-0.2, -0.15) is 0 Å². The average molecular weight is 440 g/mol. The quantitative estimate of drug-likeness (QED) is 0.557. The molecular formula is C17H18BrN3O4S. The minimum Gasteiger partial charge on any atom is -0.479 e. The van der Waals surface area contributed by atoms with E-state index in [4.69, 9.17) is 0 Å². The van der Waals surface area contributed by atoms with E-state index in [0.29, 0.717) is 5.82 Å². The second-order valence-corrected chi connectivity index (χ2v) is 10.1. The molecule has 0 radical (unpaired) electrons. The van der Waals surface area contributed by atoms with Crippen molar-refractivity contribution in [1.82, 2.24) is 14.5 Å². The summed E-state index contributed by atoms with van der Waals surface area (Å²) in [6, 6.07) is 7.57. The number of aryl methyl sites for hydroxylation is 1. The van der Waals surface area contributed by atoms with Crippen molar-refractivity contribution in [2.75, 3.05) is 6.61 Å². The Balaban J connectivity index is 1.87. The van der Waals surface area contributed by atoms with E-state index in [1.54, 1.807) is 13.8 Å². The molecule has 2 saturated heterocycles. The zero-order valence-electron chi connectivity index (χ0n) is 14.4.